The fourth-order valence-electron chi connectivity index (χ4n) is 2.84. The molecule has 0 aromatic heterocycles. The summed E-state index contributed by atoms with van der Waals surface area (Å²) in [6.07, 6.45) is 4.79. The normalized spacial score (nSPS) is 25.9. The number of amides is 1. The van der Waals surface area contributed by atoms with E-state index < -0.39 is 0 Å². The van der Waals surface area contributed by atoms with Gasteiger partial charge in [-0.2, -0.15) is 0 Å². The first-order chi connectivity index (χ1) is 8.20. The van der Waals surface area contributed by atoms with Gasteiger partial charge in [-0.3, -0.25) is 4.79 Å². The highest BCUT2D eigenvalue weighted by Gasteiger charge is 2.33. The van der Waals surface area contributed by atoms with Crippen LogP contribution in [0.5, 0.6) is 0 Å². The van der Waals surface area contributed by atoms with Crippen LogP contribution in [0.1, 0.15) is 32.6 Å². The van der Waals surface area contributed by atoms with Crippen LogP contribution in [-0.2, 0) is 4.79 Å². The molecule has 4 nitrogen and oxygen atoms in total. The molecular formula is C13H24N2O2. The predicted octanol–water partition coefficient (Wildman–Crippen LogP) is 0.702. The first-order valence-corrected chi connectivity index (χ1v) is 6.81. The monoisotopic (exact) mass is 240 g/mol. The third kappa shape index (κ3) is 3.68. The fourth-order valence-corrected chi connectivity index (χ4v) is 2.84. The molecule has 0 aromatic carbocycles. The summed E-state index contributed by atoms with van der Waals surface area (Å²) in [5.74, 6) is 0.826. The molecule has 4 heteroatoms. The number of hydrogen-bond acceptors (Lipinski definition) is 3. The molecule has 2 aliphatic rings. The molecule has 0 bridgehead atoms. The second-order valence-electron chi connectivity index (χ2n) is 5.44. The summed E-state index contributed by atoms with van der Waals surface area (Å²) in [7, 11) is 0. The van der Waals surface area contributed by atoms with Crippen molar-refractivity contribution < 1.29 is 9.90 Å². The lowest BCUT2D eigenvalue weighted by Gasteiger charge is -2.35. The Morgan fingerprint density at radius 3 is 2.76 bits per heavy atom. The van der Waals surface area contributed by atoms with E-state index in [9.17, 15) is 4.79 Å². The van der Waals surface area contributed by atoms with Crippen molar-refractivity contribution in [2.75, 3.05) is 32.8 Å². The van der Waals surface area contributed by atoms with Gasteiger partial charge in [0, 0.05) is 32.6 Å². The van der Waals surface area contributed by atoms with Gasteiger partial charge in [0.15, 0.2) is 0 Å². The van der Waals surface area contributed by atoms with Gasteiger partial charge in [-0.15, -0.1) is 0 Å². The SMILES string of the molecule is CC(=O)N(CC1CCCN(CCO)C1)C1CC1. The zero-order chi connectivity index (χ0) is 12.3. The standard InChI is InChI=1S/C13H24N2O2/c1-11(17)15(13-4-5-13)10-12-3-2-6-14(9-12)7-8-16/h12-13,16H,2-10H2,1H3. The molecule has 1 heterocycles. The van der Waals surface area contributed by atoms with E-state index in [1.807, 2.05) is 0 Å². The Morgan fingerprint density at radius 2 is 2.18 bits per heavy atom. The third-order valence-electron chi connectivity index (χ3n) is 3.87. The van der Waals surface area contributed by atoms with Crippen molar-refractivity contribution in [1.29, 1.82) is 0 Å². The van der Waals surface area contributed by atoms with Crippen LogP contribution >= 0.6 is 0 Å². The maximum absolute atomic E-state index is 11.6. The minimum Gasteiger partial charge on any atom is -0.395 e. The Kier molecular flexibility index (Phi) is 4.40. The van der Waals surface area contributed by atoms with E-state index in [0.717, 1.165) is 26.2 Å². The zero-order valence-corrected chi connectivity index (χ0v) is 10.8. The van der Waals surface area contributed by atoms with Crippen molar-refractivity contribution in [3.63, 3.8) is 0 Å². The maximum Gasteiger partial charge on any atom is 0.219 e. The molecule has 1 atom stereocenters. The van der Waals surface area contributed by atoms with Crippen molar-refractivity contribution in [3.8, 4) is 0 Å². The van der Waals surface area contributed by atoms with Crippen molar-refractivity contribution >= 4 is 5.91 Å². The summed E-state index contributed by atoms with van der Waals surface area (Å²) in [4.78, 5) is 16.0. The highest BCUT2D eigenvalue weighted by Crippen LogP contribution is 2.29. The quantitative estimate of drug-likeness (QED) is 0.769. The number of aliphatic hydroxyl groups excluding tert-OH is 1. The second-order valence-corrected chi connectivity index (χ2v) is 5.44. The number of piperidine rings is 1. The van der Waals surface area contributed by atoms with Crippen LogP contribution in [0.4, 0.5) is 0 Å². The van der Waals surface area contributed by atoms with Gasteiger partial charge in [0.1, 0.15) is 0 Å². The van der Waals surface area contributed by atoms with E-state index >= 15 is 0 Å². The zero-order valence-electron chi connectivity index (χ0n) is 10.8. The number of aliphatic hydroxyl groups is 1. The second kappa shape index (κ2) is 5.83. The smallest absolute Gasteiger partial charge is 0.219 e. The van der Waals surface area contributed by atoms with Gasteiger partial charge in [0.25, 0.3) is 0 Å². The number of rotatable bonds is 5. The average Bonchev–Trinajstić information content (AvgIpc) is 3.10. The minimum absolute atomic E-state index is 0.229. The molecule has 1 N–H and O–H groups in total. The number of likely N-dealkylation sites (tertiary alicyclic amines) is 1. The van der Waals surface area contributed by atoms with Crippen LogP contribution in [0.25, 0.3) is 0 Å². The highest BCUT2D eigenvalue weighted by molar-refractivity contribution is 5.74. The summed E-state index contributed by atoms with van der Waals surface area (Å²) in [5.41, 5.74) is 0. The minimum atomic E-state index is 0.229. The Morgan fingerprint density at radius 1 is 1.41 bits per heavy atom. The first kappa shape index (κ1) is 12.8. The highest BCUT2D eigenvalue weighted by atomic mass is 16.3. The summed E-state index contributed by atoms with van der Waals surface area (Å²) in [6, 6.07) is 0.528. The topological polar surface area (TPSA) is 43.8 Å². The molecule has 1 aliphatic carbocycles. The molecule has 0 spiro atoms. The Balaban J connectivity index is 1.82. The van der Waals surface area contributed by atoms with Crippen LogP contribution < -0.4 is 0 Å². The summed E-state index contributed by atoms with van der Waals surface area (Å²) in [6.45, 7) is 5.76. The van der Waals surface area contributed by atoms with E-state index in [-0.39, 0.29) is 12.5 Å². The lowest BCUT2D eigenvalue weighted by atomic mass is 9.97. The predicted molar refractivity (Wildman–Crippen MR) is 66.7 cm³/mol. The molecule has 1 amide bonds. The molecule has 98 valence electrons. The molecule has 2 fully saturated rings. The van der Waals surface area contributed by atoms with Gasteiger partial charge in [-0.1, -0.05) is 0 Å². The van der Waals surface area contributed by atoms with Gasteiger partial charge in [0.05, 0.1) is 6.61 Å². The van der Waals surface area contributed by atoms with Crippen molar-refractivity contribution in [3.05, 3.63) is 0 Å². The van der Waals surface area contributed by atoms with Crippen LogP contribution in [0.3, 0.4) is 0 Å². The first-order valence-electron chi connectivity index (χ1n) is 6.81. The summed E-state index contributed by atoms with van der Waals surface area (Å²) < 4.78 is 0. The number of β-amino-alcohol motifs (C(OH)–C–C–N with tert-alkyl or cyclic N) is 1. The molecule has 1 unspecified atom stereocenters. The van der Waals surface area contributed by atoms with E-state index in [1.54, 1.807) is 6.92 Å². The number of hydrogen-bond donors (Lipinski definition) is 1. The molecule has 0 radical (unpaired) electrons. The average molecular weight is 240 g/mol. The Bertz CT molecular complexity index is 264. The van der Waals surface area contributed by atoms with Gasteiger partial charge in [-0.25, -0.2) is 0 Å². The van der Waals surface area contributed by atoms with Crippen LogP contribution in [0, 0.1) is 5.92 Å². The van der Waals surface area contributed by atoms with Gasteiger partial charge < -0.3 is 14.9 Å². The Labute approximate surface area is 104 Å². The van der Waals surface area contributed by atoms with Gasteiger partial charge in [0.2, 0.25) is 5.91 Å². The van der Waals surface area contributed by atoms with E-state index in [2.05, 4.69) is 9.80 Å². The lowest BCUT2D eigenvalue weighted by molar-refractivity contribution is -0.130. The van der Waals surface area contributed by atoms with E-state index in [1.165, 1.54) is 25.7 Å². The van der Waals surface area contributed by atoms with Crippen LogP contribution in [0.2, 0.25) is 0 Å². The van der Waals surface area contributed by atoms with E-state index in [0.29, 0.717) is 12.0 Å². The lowest BCUT2D eigenvalue weighted by Crippen LogP contribution is -2.43. The molecular weight excluding hydrogens is 216 g/mol. The van der Waals surface area contributed by atoms with Crippen LogP contribution in [-0.4, -0.2) is 59.6 Å². The maximum atomic E-state index is 11.6. The van der Waals surface area contributed by atoms with Gasteiger partial charge >= 0.3 is 0 Å². The molecule has 2 rings (SSSR count). The van der Waals surface area contributed by atoms with Crippen LogP contribution in [0.15, 0.2) is 0 Å². The molecule has 1 saturated heterocycles. The third-order valence-corrected chi connectivity index (χ3v) is 3.87. The van der Waals surface area contributed by atoms with Gasteiger partial charge in [-0.05, 0) is 38.1 Å². The summed E-state index contributed by atoms with van der Waals surface area (Å²) >= 11 is 0. The Hall–Kier alpha value is -0.610. The van der Waals surface area contributed by atoms with Crippen molar-refractivity contribution in [1.82, 2.24) is 9.80 Å². The fraction of sp³-hybridized carbons (Fsp3) is 0.923. The largest absolute Gasteiger partial charge is 0.395 e. The molecule has 1 aliphatic heterocycles. The molecule has 17 heavy (non-hydrogen) atoms. The van der Waals surface area contributed by atoms with Crippen molar-refractivity contribution in [2.24, 2.45) is 5.92 Å². The molecule has 0 aromatic rings. The van der Waals surface area contributed by atoms with Crippen molar-refractivity contribution in [2.45, 2.75) is 38.6 Å². The number of carbonyl (C=O) groups is 1. The molecule has 1 saturated carbocycles. The summed E-state index contributed by atoms with van der Waals surface area (Å²) in [5, 5.41) is 8.97. The number of nitrogens with zero attached hydrogens (tertiary/aromatic N) is 2. The number of carbonyl (C=O) groups excluding carboxylic acids is 1. The van der Waals surface area contributed by atoms with E-state index in [4.69, 9.17) is 5.11 Å².